The molecule has 0 aromatic carbocycles. The fourth-order valence-electron chi connectivity index (χ4n) is 1.76. The van der Waals surface area contributed by atoms with Crippen molar-refractivity contribution in [3.05, 3.63) is 0 Å². The smallest absolute Gasteiger partial charge is 0.410 e. The number of likely N-dealkylation sites (tertiary alicyclic amines) is 1. The summed E-state index contributed by atoms with van der Waals surface area (Å²) in [6, 6.07) is 0. The van der Waals surface area contributed by atoms with Gasteiger partial charge in [0.2, 0.25) is 0 Å². The molecule has 1 saturated heterocycles. The van der Waals surface area contributed by atoms with Crippen LogP contribution < -0.4 is 0 Å². The van der Waals surface area contributed by atoms with Gasteiger partial charge in [-0.1, -0.05) is 0 Å². The number of ether oxygens (including phenoxy) is 1. The first-order valence-electron chi connectivity index (χ1n) is 5.99. The molecule has 1 amide bonds. The molecule has 0 bridgehead atoms. The molecule has 106 valence electrons. The van der Waals surface area contributed by atoms with E-state index in [0.717, 1.165) is 0 Å². The van der Waals surface area contributed by atoms with Crippen LogP contribution in [0.3, 0.4) is 0 Å². The van der Waals surface area contributed by atoms with Crippen LogP contribution in [0.5, 0.6) is 0 Å². The summed E-state index contributed by atoms with van der Waals surface area (Å²) in [4.78, 5) is 24.0. The van der Waals surface area contributed by atoms with Gasteiger partial charge in [-0.25, -0.2) is 9.59 Å². The highest BCUT2D eigenvalue weighted by Gasteiger charge is 2.34. The monoisotopic (exact) mass is 269 g/mol. The molecule has 0 aromatic rings. The number of aliphatic carboxylic acids is 1. The standard InChI is InChI=1S/C12H19N3O4/c1-12(2,3)19-11(18)15-5-4-8(13)7(6-15)9(14)10(16)17/h7,13-14H,4-6H2,1-3H3,(H,16,17). The van der Waals surface area contributed by atoms with E-state index in [0.29, 0.717) is 6.54 Å². The number of piperidine rings is 1. The Hall–Kier alpha value is -1.92. The second-order valence-electron chi connectivity index (χ2n) is 5.47. The summed E-state index contributed by atoms with van der Waals surface area (Å²) in [5.74, 6) is -2.21. The van der Waals surface area contributed by atoms with Crippen LogP contribution in [0.25, 0.3) is 0 Å². The van der Waals surface area contributed by atoms with Crippen LogP contribution in [0.4, 0.5) is 4.79 Å². The van der Waals surface area contributed by atoms with Crippen molar-refractivity contribution in [1.29, 1.82) is 10.8 Å². The van der Waals surface area contributed by atoms with Gasteiger partial charge in [-0.05, 0) is 20.8 Å². The van der Waals surface area contributed by atoms with Gasteiger partial charge < -0.3 is 20.2 Å². The Bertz CT molecular complexity index is 425. The molecule has 3 N–H and O–H groups in total. The van der Waals surface area contributed by atoms with E-state index in [9.17, 15) is 9.59 Å². The third-order valence-electron chi connectivity index (χ3n) is 2.71. The molecule has 19 heavy (non-hydrogen) atoms. The van der Waals surface area contributed by atoms with E-state index in [1.807, 2.05) is 0 Å². The largest absolute Gasteiger partial charge is 0.477 e. The minimum Gasteiger partial charge on any atom is -0.477 e. The SMILES string of the molecule is CC(C)(C)OC(=O)N1CCC(=N)C(C(=N)C(=O)O)C1. The first-order valence-corrected chi connectivity index (χ1v) is 5.99. The van der Waals surface area contributed by atoms with Gasteiger partial charge >= 0.3 is 12.1 Å². The van der Waals surface area contributed by atoms with Gasteiger partial charge in [0.15, 0.2) is 0 Å². The van der Waals surface area contributed by atoms with E-state index < -0.39 is 29.3 Å². The fourth-order valence-corrected chi connectivity index (χ4v) is 1.76. The molecule has 0 aromatic heterocycles. The Labute approximate surface area is 111 Å². The van der Waals surface area contributed by atoms with Crippen molar-refractivity contribution >= 4 is 23.5 Å². The van der Waals surface area contributed by atoms with Crippen LogP contribution in [0, 0.1) is 16.7 Å². The molecule has 1 rings (SSSR count). The molecule has 1 heterocycles. The molecule has 0 aliphatic carbocycles. The average Bonchev–Trinajstić information content (AvgIpc) is 2.26. The quantitative estimate of drug-likeness (QED) is 0.656. The summed E-state index contributed by atoms with van der Waals surface area (Å²) in [6.45, 7) is 5.56. The van der Waals surface area contributed by atoms with Crippen molar-refractivity contribution in [1.82, 2.24) is 4.90 Å². The topological polar surface area (TPSA) is 115 Å². The Balaban J connectivity index is 2.75. The minimum atomic E-state index is -1.36. The van der Waals surface area contributed by atoms with Crippen LogP contribution in [0.15, 0.2) is 0 Å². The highest BCUT2D eigenvalue weighted by molar-refractivity contribution is 6.39. The van der Waals surface area contributed by atoms with Crippen molar-refractivity contribution < 1.29 is 19.4 Å². The number of nitrogens with one attached hydrogen (secondary N) is 2. The van der Waals surface area contributed by atoms with Gasteiger partial charge in [0.25, 0.3) is 0 Å². The molecule has 7 heteroatoms. The van der Waals surface area contributed by atoms with Crippen LogP contribution >= 0.6 is 0 Å². The molecule has 0 radical (unpaired) electrons. The Morgan fingerprint density at radius 3 is 2.47 bits per heavy atom. The molecular formula is C12H19N3O4. The van der Waals surface area contributed by atoms with E-state index in [1.54, 1.807) is 20.8 Å². The minimum absolute atomic E-state index is 0.0128. The van der Waals surface area contributed by atoms with Crippen molar-refractivity contribution in [3.63, 3.8) is 0 Å². The maximum Gasteiger partial charge on any atom is 0.410 e. The van der Waals surface area contributed by atoms with Crippen molar-refractivity contribution in [2.45, 2.75) is 32.8 Å². The number of carbonyl (C=O) groups excluding carboxylic acids is 1. The van der Waals surface area contributed by atoms with Crippen LogP contribution in [0.2, 0.25) is 0 Å². The van der Waals surface area contributed by atoms with Gasteiger partial charge in [0.1, 0.15) is 11.3 Å². The lowest BCUT2D eigenvalue weighted by molar-refractivity contribution is -0.129. The lowest BCUT2D eigenvalue weighted by atomic mass is 9.91. The zero-order valence-electron chi connectivity index (χ0n) is 11.3. The Kier molecular flexibility index (Phi) is 4.28. The third kappa shape index (κ3) is 4.04. The predicted molar refractivity (Wildman–Crippen MR) is 69.0 cm³/mol. The number of amides is 1. The summed E-state index contributed by atoms with van der Waals surface area (Å²) in [6.07, 6.45) is -0.275. The molecule has 1 fully saturated rings. The normalized spacial score (nSPS) is 20.1. The van der Waals surface area contributed by atoms with E-state index in [1.165, 1.54) is 4.90 Å². The highest BCUT2D eigenvalue weighted by atomic mass is 16.6. The lowest BCUT2D eigenvalue weighted by Gasteiger charge is -2.34. The number of carboxylic acid groups (broad SMARTS) is 1. The number of hydrogen-bond acceptors (Lipinski definition) is 5. The van der Waals surface area contributed by atoms with Gasteiger partial charge in [-0.15, -0.1) is 0 Å². The first-order chi connectivity index (χ1) is 8.61. The summed E-state index contributed by atoms with van der Waals surface area (Å²) in [5, 5.41) is 24.0. The fraction of sp³-hybridized carbons (Fsp3) is 0.667. The van der Waals surface area contributed by atoms with Crippen LogP contribution in [-0.2, 0) is 9.53 Å². The van der Waals surface area contributed by atoms with Crippen LogP contribution in [-0.4, -0.2) is 52.2 Å². The van der Waals surface area contributed by atoms with Gasteiger partial charge in [-0.3, -0.25) is 5.41 Å². The summed E-state index contributed by atoms with van der Waals surface area (Å²) >= 11 is 0. The molecule has 0 spiro atoms. The summed E-state index contributed by atoms with van der Waals surface area (Å²) in [7, 11) is 0. The number of carbonyl (C=O) groups is 2. The van der Waals surface area contributed by atoms with E-state index in [4.69, 9.17) is 20.7 Å². The average molecular weight is 269 g/mol. The van der Waals surface area contributed by atoms with Crippen molar-refractivity contribution in [3.8, 4) is 0 Å². The molecule has 7 nitrogen and oxygen atoms in total. The zero-order chi connectivity index (χ0) is 14.8. The number of nitrogens with zero attached hydrogens (tertiary/aromatic N) is 1. The number of rotatable bonds is 2. The van der Waals surface area contributed by atoms with Gasteiger partial charge in [0.05, 0.1) is 5.92 Å². The maximum atomic E-state index is 11.9. The molecule has 0 saturated carbocycles. The summed E-state index contributed by atoms with van der Waals surface area (Å²) in [5.41, 5.74) is -1.01. The Morgan fingerprint density at radius 2 is 2.00 bits per heavy atom. The predicted octanol–water partition coefficient (Wildman–Crippen LogP) is 1.37. The number of carboxylic acids is 1. The maximum absolute atomic E-state index is 11.9. The van der Waals surface area contributed by atoms with E-state index in [-0.39, 0.29) is 18.7 Å². The zero-order valence-corrected chi connectivity index (χ0v) is 11.3. The molecule has 1 aliphatic rings. The van der Waals surface area contributed by atoms with Gasteiger partial charge in [0, 0.05) is 25.2 Å². The number of hydrogen-bond donors (Lipinski definition) is 3. The highest BCUT2D eigenvalue weighted by Crippen LogP contribution is 2.18. The molecule has 1 unspecified atom stereocenters. The van der Waals surface area contributed by atoms with Crippen LogP contribution in [0.1, 0.15) is 27.2 Å². The molecule has 1 atom stereocenters. The van der Waals surface area contributed by atoms with E-state index >= 15 is 0 Å². The molecule has 1 aliphatic heterocycles. The second-order valence-corrected chi connectivity index (χ2v) is 5.47. The van der Waals surface area contributed by atoms with Crippen molar-refractivity contribution in [2.24, 2.45) is 5.92 Å². The van der Waals surface area contributed by atoms with E-state index in [2.05, 4.69) is 0 Å². The second kappa shape index (κ2) is 5.38. The van der Waals surface area contributed by atoms with Crippen molar-refractivity contribution in [2.75, 3.05) is 13.1 Å². The third-order valence-corrected chi connectivity index (χ3v) is 2.71. The molecular weight excluding hydrogens is 250 g/mol. The Morgan fingerprint density at radius 1 is 1.42 bits per heavy atom. The lowest BCUT2D eigenvalue weighted by Crippen LogP contribution is -2.49. The summed E-state index contributed by atoms with van der Waals surface area (Å²) < 4.78 is 5.20. The van der Waals surface area contributed by atoms with Gasteiger partial charge in [-0.2, -0.15) is 0 Å². The first kappa shape index (κ1) is 15.1.